The van der Waals surface area contributed by atoms with E-state index >= 15 is 0 Å². The lowest BCUT2D eigenvalue weighted by atomic mass is 10.2. The van der Waals surface area contributed by atoms with Crippen LogP contribution in [0.2, 0.25) is 0 Å². The van der Waals surface area contributed by atoms with Crippen molar-refractivity contribution in [2.45, 2.75) is 13.8 Å². The second kappa shape index (κ2) is 7.69. The number of aromatic amines is 1. The third kappa shape index (κ3) is 4.18. The summed E-state index contributed by atoms with van der Waals surface area (Å²) in [5, 5.41) is 0. The van der Waals surface area contributed by atoms with Crippen molar-refractivity contribution in [3.8, 4) is 5.75 Å². The van der Waals surface area contributed by atoms with Gasteiger partial charge < -0.3 is 9.72 Å². The zero-order valence-electron chi connectivity index (χ0n) is 14.6. The Kier molecular flexibility index (Phi) is 5.17. The maximum absolute atomic E-state index is 12.2. The Hall–Kier alpha value is -3.35. The smallest absolute Gasteiger partial charge is 0.269 e. The molecule has 3 rings (SSSR count). The molecule has 26 heavy (non-hydrogen) atoms. The van der Waals surface area contributed by atoms with Crippen LogP contribution in [0.15, 0.2) is 48.8 Å². The highest BCUT2D eigenvalue weighted by atomic mass is 16.5. The van der Waals surface area contributed by atoms with Gasteiger partial charge in [0.25, 0.3) is 11.8 Å². The maximum Gasteiger partial charge on any atom is 0.269 e. The van der Waals surface area contributed by atoms with E-state index in [0.29, 0.717) is 29.4 Å². The Balaban J connectivity index is 1.56. The molecular weight excluding hydrogens is 332 g/mol. The molecule has 0 bridgehead atoms. The van der Waals surface area contributed by atoms with Gasteiger partial charge >= 0.3 is 0 Å². The highest BCUT2D eigenvalue weighted by molar-refractivity contribution is 6.00. The Bertz CT molecular complexity index is 916. The van der Waals surface area contributed by atoms with Crippen molar-refractivity contribution in [3.05, 3.63) is 59.9 Å². The predicted octanol–water partition coefficient (Wildman–Crippen LogP) is 2.67. The fourth-order valence-electron chi connectivity index (χ4n) is 2.30. The standard InChI is InChI=1S/C19H20N4O3/c1-12(2)10-26-15-6-3-13(4-7-15)18(24)22-23-19(25)14-5-8-16-17(9-14)21-11-20-16/h3-9,11-12H,10H2,1-2H3,(H,20,21)(H,22,24)(H,23,25). The summed E-state index contributed by atoms with van der Waals surface area (Å²) >= 11 is 0. The molecule has 3 aromatic rings. The van der Waals surface area contributed by atoms with E-state index < -0.39 is 11.8 Å². The Morgan fingerprint density at radius 1 is 1.04 bits per heavy atom. The number of imidazole rings is 1. The minimum Gasteiger partial charge on any atom is -0.493 e. The molecular formula is C19H20N4O3. The molecule has 1 heterocycles. The van der Waals surface area contributed by atoms with Crippen molar-refractivity contribution in [3.63, 3.8) is 0 Å². The molecule has 3 N–H and O–H groups in total. The van der Waals surface area contributed by atoms with Crippen molar-refractivity contribution >= 4 is 22.8 Å². The number of aromatic nitrogens is 2. The zero-order valence-corrected chi connectivity index (χ0v) is 14.6. The third-order valence-corrected chi connectivity index (χ3v) is 3.67. The monoisotopic (exact) mass is 352 g/mol. The van der Waals surface area contributed by atoms with E-state index in [4.69, 9.17) is 4.74 Å². The van der Waals surface area contributed by atoms with Crippen LogP contribution >= 0.6 is 0 Å². The van der Waals surface area contributed by atoms with Crippen LogP contribution in [0.3, 0.4) is 0 Å². The van der Waals surface area contributed by atoms with Crippen LogP contribution in [0.25, 0.3) is 11.0 Å². The van der Waals surface area contributed by atoms with Gasteiger partial charge in [-0.1, -0.05) is 13.8 Å². The summed E-state index contributed by atoms with van der Waals surface area (Å²) in [6.07, 6.45) is 1.56. The molecule has 0 saturated heterocycles. The van der Waals surface area contributed by atoms with Crippen LogP contribution in [-0.2, 0) is 0 Å². The molecule has 0 atom stereocenters. The molecule has 2 amide bonds. The third-order valence-electron chi connectivity index (χ3n) is 3.67. The summed E-state index contributed by atoms with van der Waals surface area (Å²) in [5.41, 5.74) is 7.17. The number of carbonyl (C=O) groups is 2. The molecule has 7 nitrogen and oxygen atoms in total. The number of carbonyl (C=O) groups excluding carboxylic acids is 2. The van der Waals surface area contributed by atoms with Crippen molar-refractivity contribution in [1.82, 2.24) is 20.8 Å². The fourth-order valence-corrected chi connectivity index (χ4v) is 2.30. The molecule has 0 aliphatic heterocycles. The van der Waals surface area contributed by atoms with Crippen molar-refractivity contribution in [1.29, 1.82) is 0 Å². The summed E-state index contributed by atoms with van der Waals surface area (Å²) in [6, 6.07) is 11.8. The van der Waals surface area contributed by atoms with Crippen LogP contribution < -0.4 is 15.6 Å². The first-order chi connectivity index (χ1) is 12.5. The molecule has 0 radical (unpaired) electrons. The second-order valence-corrected chi connectivity index (χ2v) is 6.27. The Morgan fingerprint density at radius 2 is 1.69 bits per heavy atom. The first-order valence-electron chi connectivity index (χ1n) is 8.29. The number of amides is 2. The number of hydrogen-bond donors (Lipinski definition) is 3. The van der Waals surface area contributed by atoms with Gasteiger partial charge in [-0.25, -0.2) is 4.98 Å². The van der Waals surface area contributed by atoms with Gasteiger partial charge in [0.1, 0.15) is 5.75 Å². The number of fused-ring (bicyclic) bond motifs is 1. The lowest BCUT2D eigenvalue weighted by molar-refractivity contribution is 0.0846. The molecule has 0 aliphatic rings. The minimum atomic E-state index is -0.410. The largest absolute Gasteiger partial charge is 0.493 e. The number of H-pyrrole nitrogens is 1. The summed E-state index contributed by atoms with van der Waals surface area (Å²) in [4.78, 5) is 31.3. The average molecular weight is 352 g/mol. The van der Waals surface area contributed by atoms with Gasteiger partial charge in [0.15, 0.2) is 0 Å². The molecule has 0 unspecified atom stereocenters. The van der Waals surface area contributed by atoms with Crippen LogP contribution in [0.1, 0.15) is 34.6 Å². The van der Waals surface area contributed by atoms with E-state index in [2.05, 4.69) is 34.7 Å². The van der Waals surface area contributed by atoms with E-state index in [1.807, 2.05) is 0 Å². The van der Waals surface area contributed by atoms with Gasteiger partial charge in [0, 0.05) is 11.1 Å². The van der Waals surface area contributed by atoms with E-state index in [1.54, 1.807) is 48.8 Å². The second-order valence-electron chi connectivity index (χ2n) is 6.27. The molecule has 0 spiro atoms. The lowest BCUT2D eigenvalue weighted by Crippen LogP contribution is -2.41. The van der Waals surface area contributed by atoms with E-state index in [9.17, 15) is 9.59 Å². The number of hydrogen-bond acceptors (Lipinski definition) is 4. The molecule has 7 heteroatoms. The van der Waals surface area contributed by atoms with Gasteiger partial charge in [-0.2, -0.15) is 0 Å². The molecule has 0 saturated carbocycles. The van der Waals surface area contributed by atoms with Crippen molar-refractivity contribution in [2.75, 3.05) is 6.61 Å². The van der Waals surface area contributed by atoms with Gasteiger partial charge in [0.05, 0.1) is 24.0 Å². The average Bonchev–Trinajstić information content (AvgIpc) is 3.12. The minimum absolute atomic E-state index is 0.406. The number of ether oxygens (including phenoxy) is 1. The quantitative estimate of drug-likeness (QED) is 0.615. The van der Waals surface area contributed by atoms with Gasteiger partial charge in [-0.3, -0.25) is 20.4 Å². The Morgan fingerprint density at radius 3 is 2.38 bits per heavy atom. The first kappa shape index (κ1) is 17.5. The fraction of sp³-hybridized carbons (Fsp3) is 0.211. The highest BCUT2D eigenvalue weighted by Crippen LogP contribution is 2.13. The van der Waals surface area contributed by atoms with Crippen LogP contribution in [0.4, 0.5) is 0 Å². The molecule has 2 aromatic carbocycles. The first-order valence-corrected chi connectivity index (χ1v) is 8.29. The molecule has 0 aliphatic carbocycles. The maximum atomic E-state index is 12.2. The summed E-state index contributed by atoms with van der Waals surface area (Å²) in [7, 11) is 0. The molecule has 134 valence electrons. The van der Waals surface area contributed by atoms with E-state index in [0.717, 1.165) is 11.0 Å². The Labute approximate surface area is 150 Å². The van der Waals surface area contributed by atoms with Gasteiger partial charge in [-0.05, 0) is 48.4 Å². The van der Waals surface area contributed by atoms with E-state index in [-0.39, 0.29) is 0 Å². The number of nitrogens with zero attached hydrogens (tertiary/aromatic N) is 1. The summed E-state index contributed by atoms with van der Waals surface area (Å²) < 4.78 is 5.58. The van der Waals surface area contributed by atoms with Crippen molar-refractivity contribution in [2.24, 2.45) is 5.92 Å². The number of benzene rings is 2. The lowest BCUT2D eigenvalue weighted by Gasteiger charge is -2.10. The van der Waals surface area contributed by atoms with E-state index in [1.165, 1.54) is 0 Å². The van der Waals surface area contributed by atoms with Crippen LogP contribution in [0.5, 0.6) is 5.75 Å². The number of hydrazine groups is 1. The normalized spacial score (nSPS) is 10.7. The summed E-state index contributed by atoms with van der Waals surface area (Å²) in [5.74, 6) is 0.310. The highest BCUT2D eigenvalue weighted by Gasteiger charge is 2.10. The predicted molar refractivity (Wildman–Crippen MR) is 97.8 cm³/mol. The SMILES string of the molecule is CC(C)COc1ccc(C(=O)NNC(=O)c2ccc3nc[nH]c3c2)cc1. The molecule has 0 fully saturated rings. The number of nitrogens with one attached hydrogen (secondary N) is 3. The summed E-state index contributed by atoms with van der Waals surface area (Å²) in [6.45, 7) is 4.74. The zero-order chi connectivity index (χ0) is 18.5. The van der Waals surface area contributed by atoms with Gasteiger partial charge in [-0.15, -0.1) is 0 Å². The van der Waals surface area contributed by atoms with Crippen molar-refractivity contribution < 1.29 is 14.3 Å². The topological polar surface area (TPSA) is 96.1 Å². The van der Waals surface area contributed by atoms with Crippen LogP contribution in [0, 0.1) is 5.92 Å². The molecule has 1 aromatic heterocycles. The van der Waals surface area contributed by atoms with Gasteiger partial charge in [0.2, 0.25) is 0 Å². The number of rotatable bonds is 5. The van der Waals surface area contributed by atoms with Crippen LogP contribution in [-0.4, -0.2) is 28.4 Å².